The molecule has 0 N–H and O–H groups in total. The van der Waals surface area contributed by atoms with Crippen LogP contribution >= 0.6 is 0 Å². The molecule has 2 aromatic carbocycles. The molecule has 7 nitrogen and oxygen atoms in total. The van der Waals surface area contributed by atoms with Gasteiger partial charge in [-0.2, -0.15) is 0 Å². The van der Waals surface area contributed by atoms with E-state index in [1.54, 1.807) is 41.4 Å². The molecule has 164 valence electrons. The predicted molar refractivity (Wildman–Crippen MR) is 120 cm³/mol. The normalized spacial score (nSPS) is 14.2. The number of nitro benzene ring substituents is 1. The third-order valence-electron chi connectivity index (χ3n) is 5.71. The van der Waals surface area contributed by atoms with Crippen molar-refractivity contribution in [1.82, 2.24) is 4.98 Å². The van der Waals surface area contributed by atoms with Gasteiger partial charge in [-0.15, -0.1) is 0 Å². The van der Waals surface area contributed by atoms with Gasteiger partial charge in [-0.25, -0.2) is 4.39 Å². The zero-order valence-electron chi connectivity index (χ0n) is 17.4. The first-order valence-corrected chi connectivity index (χ1v) is 10.5. The maximum Gasteiger partial charge on any atom is 0.292 e. The zero-order chi connectivity index (χ0) is 22.5. The molecule has 1 aliphatic rings. The van der Waals surface area contributed by atoms with E-state index in [1.807, 2.05) is 23.1 Å². The SMILES string of the molecule is O=C(C1CCN(c2ccccc2[N+](=O)[O-])CC1)N(Cc1ccccn1)c1ccc(F)cc1. The number of halogens is 1. The van der Waals surface area contributed by atoms with Crippen molar-refractivity contribution in [3.8, 4) is 0 Å². The Morgan fingerprint density at radius 1 is 1.06 bits per heavy atom. The van der Waals surface area contributed by atoms with Crippen molar-refractivity contribution in [2.24, 2.45) is 5.92 Å². The van der Waals surface area contributed by atoms with Crippen LogP contribution < -0.4 is 9.80 Å². The Balaban J connectivity index is 1.51. The minimum atomic E-state index is -0.379. The van der Waals surface area contributed by atoms with Crippen LogP contribution in [0.2, 0.25) is 0 Å². The molecule has 3 aromatic rings. The molecule has 1 aromatic heterocycles. The van der Waals surface area contributed by atoms with Gasteiger partial charge in [0.2, 0.25) is 5.91 Å². The number of para-hydroxylation sites is 2. The van der Waals surface area contributed by atoms with Crippen molar-refractivity contribution in [3.63, 3.8) is 0 Å². The monoisotopic (exact) mass is 434 g/mol. The van der Waals surface area contributed by atoms with E-state index in [-0.39, 0.29) is 34.8 Å². The molecule has 1 fully saturated rings. The fourth-order valence-electron chi connectivity index (χ4n) is 4.04. The first-order valence-electron chi connectivity index (χ1n) is 10.5. The molecular formula is C24H23FN4O3. The van der Waals surface area contributed by atoms with Crippen LogP contribution in [-0.4, -0.2) is 28.9 Å². The Morgan fingerprint density at radius 3 is 2.41 bits per heavy atom. The molecule has 8 heteroatoms. The number of anilines is 2. The number of rotatable bonds is 6. The average molecular weight is 434 g/mol. The highest BCUT2D eigenvalue weighted by Crippen LogP contribution is 2.32. The van der Waals surface area contributed by atoms with Crippen LogP contribution in [0.1, 0.15) is 18.5 Å². The van der Waals surface area contributed by atoms with E-state index in [2.05, 4.69) is 4.98 Å². The zero-order valence-corrected chi connectivity index (χ0v) is 17.4. The van der Waals surface area contributed by atoms with E-state index in [4.69, 9.17) is 0 Å². The van der Waals surface area contributed by atoms with E-state index in [0.29, 0.717) is 37.3 Å². The summed E-state index contributed by atoms with van der Waals surface area (Å²) >= 11 is 0. The minimum absolute atomic E-state index is 0.0514. The van der Waals surface area contributed by atoms with E-state index in [9.17, 15) is 19.3 Å². The van der Waals surface area contributed by atoms with Crippen molar-refractivity contribution in [2.45, 2.75) is 19.4 Å². The van der Waals surface area contributed by atoms with Gasteiger partial charge in [0.05, 0.1) is 17.2 Å². The van der Waals surface area contributed by atoms with Gasteiger partial charge in [0.15, 0.2) is 0 Å². The molecule has 4 rings (SSSR count). The second-order valence-electron chi connectivity index (χ2n) is 7.73. The summed E-state index contributed by atoms with van der Waals surface area (Å²) in [6, 6.07) is 18.1. The number of pyridine rings is 1. The molecule has 0 radical (unpaired) electrons. The Labute approximate surface area is 185 Å². The number of carbonyl (C=O) groups is 1. The molecule has 1 amide bonds. The largest absolute Gasteiger partial charge is 0.366 e. The Bertz CT molecular complexity index is 1080. The predicted octanol–water partition coefficient (Wildman–Crippen LogP) is 4.58. The smallest absolute Gasteiger partial charge is 0.292 e. The maximum atomic E-state index is 13.5. The third-order valence-corrected chi connectivity index (χ3v) is 5.71. The second kappa shape index (κ2) is 9.55. The number of nitrogens with zero attached hydrogens (tertiary/aromatic N) is 4. The molecule has 0 unspecified atom stereocenters. The van der Waals surface area contributed by atoms with Crippen LogP contribution in [0.5, 0.6) is 0 Å². The van der Waals surface area contributed by atoms with Crippen LogP contribution in [0.25, 0.3) is 0 Å². The number of amides is 1. The minimum Gasteiger partial charge on any atom is -0.366 e. The van der Waals surface area contributed by atoms with E-state index in [1.165, 1.54) is 18.2 Å². The second-order valence-corrected chi connectivity index (χ2v) is 7.73. The van der Waals surface area contributed by atoms with Crippen LogP contribution in [0.15, 0.2) is 72.9 Å². The van der Waals surface area contributed by atoms with Gasteiger partial charge in [-0.05, 0) is 55.3 Å². The maximum absolute atomic E-state index is 13.5. The molecule has 2 heterocycles. The lowest BCUT2D eigenvalue weighted by Crippen LogP contribution is -2.42. The number of aromatic nitrogens is 1. The molecule has 0 aliphatic carbocycles. The Morgan fingerprint density at radius 2 is 1.75 bits per heavy atom. The quantitative estimate of drug-likeness (QED) is 0.419. The summed E-state index contributed by atoms with van der Waals surface area (Å²) in [4.78, 5) is 32.4. The standard InChI is InChI=1S/C24H23FN4O3/c25-19-8-10-21(11-9-19)28(17-20-5-3-4-14-26-20)24(30)18-12-15-27(16-13-18)22-6-1-2-7-23(22)29(31)32/h1-11,14,18H,12-13,15-17H2. The van der Waals surface area contributed by atoms with E-state index in [0.717, 1.165) is 5.69 Å². The fourth-order valence-corrected chi connectivity index (χ4v) is 4.04. The number of piperidine rings is 1. The molecule has 0 spiro atoms. The van der Waals surface area contributed by atoms with Gasteiger partial charge in [-0.1, -0.05) is 18.2 Å². The van der Waals surface area contributed by atoms with Crippen molar-refractivity contribution in [2.75, 3.05) is 22.9 Å². The molecule has 0 atom stereocenters. The number of hydrogen-bond acceptors (Lipinski definition) is 5. The van der Waals surface area contributed by atoms with Gasteiger partial charge in [0.1, 0.15) is 11.5 Å². The van der Waals surface area contributed by atoms with Crippen molar-refractivity contribution >= 4 is 23.0 Å². The summed E-state index contributed by atoms with van der Waals surface area (Å²) in [5.74, 6) is -0.649. The summed E-state index contributed by atoms with van der Waals surface area (Å²) in [6.45, 7) is 1.37. The first-order chi connectivity index (χ1) is 15.5. The van der Waals surface area contributed by atoms with Gasteiger partial charge in [-0.3, -0.25) is 19.9 Å². The van der Waals surface area contributed by atoms with Gasteiger partial charge >= 0.3 is 0 Å². The van der Waals surface area contributed by atoms with Gasteiger partial charge < -0.3 is 9.80 Å². The van der Waals surface area contributed by atoms with E-state index < -0.39 is 0 Å². The lowest BCUT2D eigenvalue weighted by atomic mass is 9.94. The highest BCUT2D eigenvalue weighted by molar-refractivity contribution is 5.95. The highest BCUT2D eigenvalue weighted by atomic mass is 19.1. The van der Waals surface area contributed by atoms with Gasteiger partial charge in [0, 0.05) is 37.0 Å². The summed E-state index contributed by atoms with van der Waals surface area (Å²) in [7, 11) is 0. The van der Waals surface area contributed by atoms with Gasteiger partial charge in [0.25, 0.3) is 5.69 Å². The summed E-state index contributed by atoms with van der Waals surface area (Å²) in [5, 5.41) is 11.4. The van der Waals surface area contributed by atoms with Crippen molar-refractivity contribution in [1.29, 1.82) is 0 Å². The lowest BCUT2D eigenvalue weighted by molar-refractivity contribution is -0.384. The van der Waals surface area contributed by atoms with E-state index >= 15 is 0 Å². The Hall–Kier alpha value is -3.81. The average Bonchev–Trinajstić information content (AvgIpc) is 2.83. The Kier molecular flexibility index (Phi) is 6.39. The summed E-state index contributed by atoms with van der Waals surface area (Å²) < 4.78 is 13.5. The molecule has 0 bridgehead atoms. The summed E-state index contributed by atoms with van der Waals surface area (Å²) in [6.07, 6.45) is 2.82. The number of benzene rings is 2. The van der Waals surface area contributed by atoms with Crippen LogP contribution in [0, 0.1) is 21.8 Å². The lowest BCUT2D eigenvalue weighted by Gasteiger charge is -2.35. The van der Waals surface area contributed by atoms with Crippen LogP contribution in [0.4, 0.5) is 21.5 Å². The summed E-state index contributed by atoms with van der Waals surface area (Å²) in [5.41, 5.74) is 2.00. The van der Waals surface area contributed by atoms with Crippen molar-refractivity contribution < 1.29 is 14.1 Å². The molecule has 1 aliphatic heterocycles. The molecule has 32 heavy (non-hydrogen) atoms. The van der Waals surface area contributed by atoms with Crippen molar-refractivity contribution in [3.05, 3.63) is 94.6 Å². The first kappa shape index (κ1) is 21.4. The molecule has 1 saturated heterocycles. The van der Waals surface area contributed by atoms with Crippen LogP contribution in [0.3, 0.4) is 0 Å². The number of hydrogen-bond donors (Lipinski definition) is 0. The molecular weight excluding hydrogens is 411 g/mol. The number of carbonyl (C=O) groups excluding carboxylic acids is 1. The third kappa shape index (κ3) is 4.74. The molecule has 0 saturated carbocycles. The topological polar surface area (TPSA) is 79.6 Å². The number of nitro groups is 1. The van der Waals surface area contributed by atoms with Crippen LogP contribution in [-0.2, 0) is 11.3 Å². The highest BCUT2D eigenvalue weighted by Gasteiger charge is 2.31. The fraction of sp³-hybridized carbons (Fsp3) is 0.250.